The number of furan rings is 1. The first-order valence-corrected chi connectivity index (χ1v) is 7.88. The van der Waals surface area contributed by atoms with Crippen molar-refractivity contribution in [2.24, 2.45) is 0 Å². The van der Waals surface area contributed by atoms with Gasteiger partial charge in [-0.2, -0.15) is 0 Å². The van der Waals surface area contributed by atoms with Gasteiger partial charge in [0.1, 0.15) is 5.76 Å². The van der Waals surface area contributed by atoms with Gasteiger partial charge in [-0.25, -0.2) is 0 Å². The predicted octanol–water partition coefficient (Wildman–Crippen LogP) is 2.65. The van der Waals surface area contributed by atoms with Gasteiger partial charge < -0.3 is 14.5 Å². The van der Waals surface area contributed by atoms with E-state index in [2.05, 4.69) is 24.1 Å². The van der Waals surface area contributed by atoms with E-state index in [0.717, 1.165) is 38.4 Å². The number of hydrogen-bond donors (Lipinski definition) is 1. The molecule has 2 heterocycles. The van der Waals surface area contributed by atoms with Crippen LogP contribution in [0.4, 0.5) is 0 Å². The van der Waals surface area contributed by atoms with Gasteiger partial charge in [0.15, 0.2) is 0 Å². The molecule has 2 atom stereocenters. The third-order valence-electron chi connectivity index (χ3n) is 3.91. The average Bonchev–Trinajstić information content (AvgIpc) is 2.98. The zero-order valence-corrected chi connectivity index (χ0v) is 12.8. The molecular weight excluding hydrogens is 252 g/mol. The van der Waals surface area contributed by atoms with Gasteiger partial charge in [0, 0.05) is 25.7 Å². The summed E-state index contributed by atoms with van der Waals surface area (Å²) in [7, 11) is 0. The molecule has 1 N–H and O–H groups in total. The van der Waals surface area contributed by atoms with E-state index in [1.807, 2.05) is 12.1 Å². The Morgan fingerprint density at radius 1 is 1.55 bits per heavy atom. The van der Waals surface area contributed by atoms with Crippen LogP contribution >= 0.6 is 0 Å². The Morgan fingerprint density at radius 3 is 3.20 bits per heavy atom. The van der Waals surface area contributed by atoms with E-state index in [9.17, 15) is 0 Å². The molecule has 1 aromatic heterocycles. The van der Waals surface area contributed by atoms with E-state index >= 15 is 0 Å². The van der Waals surface area contributed by atoms with Crippen molar-refractivity contribution < 1.29 is 9.15 Å². The number of likely N-dealkylation sites (tertiary alicyclic amines) is 1. The number of nitrogens with one attached hydrogen (secondary N) is 1. The molecule has 0 spiro atoms. The van der Waals surface area contributed by atoms with Crippen molar-refractivity contribution in [3.63, 3.8) is 0 Å². The SMILES string of the molecule is CCCOC1CCCN(C(C)CNCc2ccco2)C1. The molecule has 0 aliphatic carbocycles. The minimum absolute atomic E-state index is 0.427. The Labute approximate surface area is 122 Å². The quantitative estimate of drug-likeness (QED) is 0.794. The van der Waals surface area contributed by atoms with Crippen LogP contribution in [0.1, 0.15) is 38.9 Å². The normalized spacial score (nSPS) is 22.0. The predicted molar refractivity (Wildman–Crippen MR) is 80.7 cm³/mol. The summed E-state index contributed by atoms with van der Waals surface area (Å²) >= 11 is 0. The lowest BCUT2D eigenvalue weighted by Crippen LogP contribution is -2.47. The second-order valence-corrected chi connectivity index (χ2v) is 5.69. The molecule has 4 heteroatoms. The second-order valence-electron chi connectivity index (χ2n) is 5.69. The molecule has 2 rings (SSSR count). The van der Waals surface area contributed by atoms with Crippen molar-refractivity contribution in [3.05, 3.63) is 24.2 Å². The third kappa shape index (κ3) is 4.93. The largest absolute Gasteiger partial charge is 0.468 e. The van der Waals surface area contributed by atoms with Crippen LogP contribution in [0.3, 0.4) is 0 Å². The van der Waals surface area contributed by atoms with E-state index in [4.69, 9.17) is 9.15 Å². The van der Waals surface area contributed by atoms with Crippen LogP contribution in [0.25, 0.3) is 0 Å². The molecule has 0 aromatic carbocycles. The molecule has 4 nitrogen and oxygen atoms in total. The summed E-state index contributed by atoms with van der Waals surface area (Å²) in [6.45, 7) is 9.41. The number of piperidine rings is 1. The van der Waals surface area contributed by atoms with Gasteiger partial charge in [0.25, 0.3) is 0 Å². The summed E-state index contributed by atoms with van der Waals surface area (Å²) in [6, 6.07) is 4.48. The lowest BCUT2D eigenvalue weighted by molar-refractivity contribution is -0.0102. The molecule has 20 heavy (non-hydrogen) atoms. The highest BCUT2D eigenvalue weighted by Crippen LogP contribution is 2.15. The molecule has 1 aliphatic rings. The van der Waals surface area contributed by atoms with Crippen LogP contribution in [-0.2, 0) is 11.3 Å². The molecular formula is C16H28N2O2. The minimum atomic E-state index is 0.427. The van der Waals surface area contributed by atoms with E-state index in [-0.39, 0.29) is 0 Å². The number of hydrogen-bond acceptors (Lipinski definition) is 4. The Kier molecular flexibility index (Phi) is 6.57. The number of rotatable bonds is 8. The van der Waals surface area contributed by atoms with Crippen LogP contribution in [0, 0.1) is 0 Å². The Balaban J connectivity index is 1.67. The third-order valence-corrected chi connectivity index (χ3v) is 3.91. The first-order chi connectivity index (χ1) is 9.79. The Morgan fingerprint density at radius 2 is 2.45 bits per heavy atom. The monoisotopic (exact) mass is 280 g/mol. The summed E-state index contributed by atoms with van der Waals surface area (Å²) in [5.41, 5.74) is 0. The molecule has 1 fully saturated rings. The first-order valence-electron chi connectivity index (χ1n) is 7.88. The summed E-state index contributed by atoms with van der Waals surface area (Å²) < 4.78 is 11.2. The number of ether oxygens (including phenoxy) is 1. The highest BCUT2D eigenvalue weighted by atomic mass is 16.5. The molecule has 0 bridgehead atoms. The lowest BCUT2D eigenvalue weighted by atomic mass is 10.1. The highest BCUT2D eigenvalue weighted by Gasteiger charge is 2.23. The molecule has 1 saturated heterocycles. The smallest absolute Gasteiger partial charge is 0.117 e. The fourth-order valence-corrected chi connectivity index (χ4v) is 2.73. The summed E-state index contributed by atoms with van der Waals surface area (Å²) in [5, 5.41) is 3.47. The van der Waals surface area contributed by atoms with Gasteiger partial charge in [-0.05, 0) is 44.9 Å². The topological polar surface area (TPSA) is 37.6 Å². The average molecular weight is 280 g/mol. The maximum atomic E-state index is 5.90. The molecule has 2 unspecified atom stereocenters. The highest BCUT2D eigenvalue weighted by molar-refractivity contribution is 4.97. The van der Waals surface area contributed by atoms with Crippen molar-refractivity contribution in [2.75, 3.05) is 26.2 Å². The van der Waals surface area contributed by atoms with Crippen LogP contribution in [0.2, 0.25) is 0 Å². The van der Waals surface area contributed by atoms with E-state index in [0.29, 0.717) is 12.1 Å². The van der Waals surface area contributed by atoms with Crippen molar-refractivity contribution in [2.45, 2.75) is 51.8 Å². The van der Waals surface area contributed by atoms with Crippen LogP contribution in [0.5, 0.6) is 0 Å². The van der Waals surface area contributed by atoms with Crippen molar-refractivity contribution in [1.29, 1.82) is 0 Å². The van der Waals surface area contributed by atoms with Gasteiger partial charge in [-0.3, -0.25) is 4.90 Å². The first kappa shape index (κ1) is 15.5. The molecule has 1 aliphatic heterocycles. The Hall–Kier alpha value is -0.840. The fraction of sp³-hybridized carbons (Fsp3) is 0.750. The minimum Gasteiger partial charge on any atom is -0.468 e. The van der Waals surface area contributed by atoms with E-state index in [1.165, 1.54) is 19.4 Å². The van der Waals surface area contributed by atoms with Crippen molar-refractivity contribution >= 4 is 0 Å². The lowest BCUT2D eigenvalue weighted by Gasteiger charge is -2.36. The molecule has 0 saturated carbocycles. The molecule has 0 radical (unpaired) electrons. The maximum absolute atomic E-state index is 5.90. The Bertz CT molecular complexity index is 353. The van der Waals surface area contributed by atoms with Gasteiger partial charge in [-0.15, -0.1) is 0 Å². The van der Waals surface area contributed by atoms with Crippen LogP contribution < -0.4 is 5.32 Å². The summed E-state index contributed by atoms with van der Waals surface area (Å²) in [5.74, 6) is 1.000. The second kappa shape index (κ2) is 8.45. The van der Waals surface area contributed by atoms with Gasteiger partial charge >= 0.3 is 0 Å². The van der Waals surface area contributed by atoms with Gasteiger partial charge in [-0.1, -0.05) is 6.92 Å². The summed E-state index contributed by atoms with van der Waals surface area (Å²) in [4.78, 5) is 2.54. The zero-order valence-electron chi connectivity index (χ0n) is 12.8. The van der Waals surface area contributed by atoms with Gasteiger partial charge in [0.05, 0.1) is 18.9 Å². The fourth-order valence-electron chi connectivity index (χ4n) is 2.73. The maximum Gasteiger partial charge on any atom is 0.117 e. The van der Waals surface area contributed by atoms with Crippen molar-refractivity contribution in [3.8, 4) is 0 Å². The summed E-state index contributed by atoms with van der Waals surface area (Å²) in [6.07, 6.45) is 5.72. The van der Waals surface area contributed by atoms with Gasteiger partial charge in [0.2, 0.25) is 0 Å². The van der Waals surface area contributed by atoms with Crippen LogP contribution in [0.15, 0.2) is 22.8 Å². The number of nitrogens with zero attached hydrogens (tertiary/aromatic N) is 1. The molecule has 0 amide bonds. The zero-order chi connectivity index (χ0) is 14.2. The van der Waals surface area contributed by atoms with E-state index in [1.54, 1.807) is 6.26 Å². The molecule has 114 valence electrons. The molecule has 1 aromatic rings. The van der Waals surface area contributed by atoms with Crippen LogP contribution in [-0.4, -0.2) is 43.3 Å². The standard InChI is InChI=1S/C16H28N2O2/c1-3-9-19-16-6-4-8-18(13-16)14(2)11-17-12-15-7-5-10-20-15/h5,7,10,14,16-17H,3-4,6,8-9,11-13H2,1-2H3. The van der Waals surface area contributed by atoms with E-state index < -0.39 is 0 Å². The van der Waals surface area contributed by atoms with Crippen molar-refractivity contribution in [1.82, 2.24) is 10.2 Å².